The van der Waals surface area contributed by atoms with Crippen molar-refractivity contribution in [2.24, 2.45) is 0 Å². The fourth-order valence-corrected chi connectivity index (χ4v) is 3.91. The molecule has 7 nitrogen and oxygen atoms in total. The summed E-state index contributed by atoms with van der Waals surface area (Å²) in [6.07, 6.45) is 3.15. The van der Waals surface area contributed by atoms with Crippen LogP contribution in [0.4, 0.5) is 22.2 Å². The van der Waals surface area contributed by atoms with Crippen molar-refractivity contribution in [3.63, 3.8) is 0 Å². The van der Waals surface area contributed by atoms with Gasteiger partial charge in [0.15, 0.2) is 0 Å². The number of amides is 2. The SMILES string of the molecule is Cc1cccc(NC(=O)N2CCc3nc(N4CCCC4)nc(N(C)C)c3C2)c1. The second-order valence-corrected chi connectivity index (χ2v) is 7.83. The third-order valence-electron chi connectivity index (χ3n) is 5.40. The summed E-state index contributed by atoms with van der Waals surface area (Å²) < 4.78 is 0. The van der Waals surface area contributed by atoms with Gasteiger partial charge in [-0.3, -0.25) is 0 Å². The normalized spacial score (nSPS) is 16.1. The van der Waals surface area contributed by atoms with E-state index < -0.39 is 0 Å². The van der Waals surface area contributed by atoms with Gasteiger partial charge in [0.1, 0.15) is 5.82 Å². The quantitative estimate of drug-likeness (QED) is 0.887. The Kier molecular flexibility index (Phi) is 5.07. The lowest BCUT2D eigenvalue weighted by Gasteiger charge is -2.32. The predicted molar refractivity (Wildman–Crippen MR) is 112 cm³/mol. The molecule has 1 aromatic heterocycles. The van der Waals surface area contributed by atoms with Crippen LogP contribution < -0.4 is 15.1 Å². The maximum Gasteiger partial charge on any atom is 0.322 e. The molecule has 0 aliphatic carbocycles. The Morgan fingerprint density at radius 2 is 1.93 bits per heavy atom. The Labute approximate surface area is 166 Å². The van der Waals surface area contributed by atoms with E-state index >= 15 is 0 Å². The lowest BCUT2D eigenvalue weighted by molar-refractivity contribution is 0.206. The first kappa shape index (κ1) is 18.5. The summed E-state index contributed by atoms with van der Waals surface area (Å²) in [4.78, 5) is 28.6. The van der Waals surface area contributed by atoms with Crippen LogP contribution >= 0.6 is 0 Å². The van der Waals surface area contributed by atoms with Crippen molar-refractivity contribution in [1.82, 2.24) is 14.9 Å². The van der Waals surface area contributed by atoms with Gasteiger partial charge in [0.05, 0.1) is 12.2 Å². The molecule has 4 rings (SSSR count). The highest BCUT2D eigenvalue weighted by molar-refractivity contribution is 5.89. The number of urea groups is 1. The van der Waals surface area contributed by atoms with Gasteiger partial charge in [0.25, 0.3) is 0 Å². The fraction of sp³-hybridized carbons (Fsp3) is 0.476. The van der Waals surface area contributed by atoms with Gasteiger partial charge in [-0.2, -0.15) is 4.98 Å². The molecule has 3 heterocycles. The molecule has 2 aliphatic rings. The van der Waals surface area contributed by atoms with Crippen molar-refractivity contribution in [2.45, 2.75) is 32.7 Å². The standard InChI is InChI=1S/C21H28N6O/c1-15-7-6-8-16(13-15)22-21(28)27-12-9-18-17(14-27)19(25(2)3)24-20(23-18)26-10-4-5-11-26/h6-8,13H,4-5,9-12,14H2,1-3H3,(H,22,28). The summed E-state index contributed by atoms with van der Waals surface area (Å²) in [5.41, 5.74) is 4.07. The molecule has 1 N–H and O–H groups in total. The fourth-order valence-electron chi connectivity index (χ4n) is 3.91. The van der Waals surface area contributed by atoms with Gasteiger partial charge in [-0.1, -0.05) is 12.1 Å². The number of hydrogen-bond donors (Lipinski definition) is 1. The first-order valence-corrected chi connectivity index (χ1v) is 9.96. The van der Waals surface area contributed by atoms with Crippen LogP contribution in [0.3, 0.4) is 0 Å². The molecular weight excluding hydrogens is 352 g/mol. The van der Waals surface area contributed by atoms with Crippen molar-refractivity contribution < 1.29 is 4.79 Å². The monoisotopic (exact) mass is 380 g/mol. The number of carbonyl (C=O) groups excluding carboxylic acids is 1. The van der Waals surface area contributed by atoms with Crippen LogP contribution in [0.25, 0.3) is 0 Å². The van der Waals surface area contributed by atoms with Crippen molar-refractivity contribution in [1.29, 1.82) is 0 Å². The zero-order valence-electron chi connectivity index (χ0n) is 16.9. The Bertz CT molecular complexity index is 875. The Hall–Kier alpha value is -2.83. The number of nitrogens with zero attached hydrogens (tertiary/aromatic N) is 5. The van der Waals surface area contributed by atoms with Crippen LogP contribution in [0, 0.1) is 6.92 Å². The molecule has 7 heteroatoms. The first-order chi connectivity index (χ1) is 13.5. The first-order valence-electron chi connectivity index (χ1n) is 9.96. The predicted octanol–water partition coefficient (Wildman–Crippen LogP) is 3.04. The van der Waals surface area contributed by atoms with Crippen LogP contribution in [0.5, 0.6) is 0 Å². The third kappa shape index (κ3) is 3.74. The van der Waals surface area contributed by atoms with E-state index in [1.54, 1.807) is 0 Å². The minimum atomic E-state index is -0.0791. The summed E-state index contributed by atoms with van der Waals surface area (Å²) in [6.45, 7) is 5.26. The maximum absolute atomic E-state index is 12.8. The van der Waals surface area contributed by atoms with Crippen LogP contribution in [0.2, 0.25) is 0 Å². The molecule has 1 aromatic carbocycles. The Morgan fingerprint density at radius 3 is 2.64 bits per heavy atom. The highest BCUT2D eigenvalue weighted by Crippen LogP contribution is 2.29. The molecule has 0 atom stereocenters. The largest absolute Gasteiger partial charge is 0.362 e. The lowest BCUT2D eigenvalue weighted by atomic mass is 10.1. The smallest absolute Gasteiger partial charge is 0.322 e. The second-order valence-electron chi connectivity index (χ2n) is 7.83. The highest BCUT2D eigenvalue weighted by atomic mass is 16.2. The minimum absolute atomic E-state index is 0.0791. The van der Waals surface area contributed by atoms with Crippen molar-refractivity contribution in [3.8, 4) is 0 Å². The van der Waals surface area contributed by atoms with E-state index in [0.29, 0.717) is 13.1 Å². The topological polar surface area (TPSA) is 64.6 Å². The lowest BCUT2D eigenvalue weighted by Crippen LogP contribution is -2.40. The summed E-state index contributed by atoms with van der Waals surface area (Å²) in [5.74, 6) is 1.75. The maximum atomic E-state index is 12.8. The number of hydrogen-bond acceptors (Lipinski definition) is 5. The molecule has 0 unspecified atom stereocenters. The number of fused-ring (bicyclic) bond motifs is 1. The molecule has 1 fully saturated rings. The summed E-state index contributed by atoms with van der Waals surface area (Å²) in [5, 5.41) is 3.01. The molecule has 2 aromatic rings. The summed E-state index contributed by atoms with van der Waals surface area (Å²) in [6, 6.07) is 7.79. The van der Waals surface area contributed by atoms with Crippen molar-refractivity contribution in [3.05, 3.63) is 41.1 Å². The van der Waals surface area contributed by atoms with E-state index in [1.165, 1.54) is 12.8 Å². The molecule has 0 bridgehead atoms. The average Bonchev–Trinajstić information content (AvgIpc) is 3.21. The van der Waals surface area contributed by atoms with Crippen molar-refractivity contribution in [2.75, 3.05) is 48.8 Å². The Balaban J connectivity index is 1.56. The van der Waals surface area contributed by atoms with Gasteiger partial charge in [-0.15, -0.1) is 0 Å². The molecule has 0 radical (unpaired) electrons. The van der Waals surface area contributed by atoms with E-state index in [9.17, 15) is 4.79 Å². The molecule has 2 aliphatic heterocycles. The molecule has 148 valence electrons. The Morgan fingerprint density at radius 1 is 1.14 bits per heavy atom. The number of rotatable bonds is 3. The van der Waals surface area contributed by atoms with Gasteiger partial charge >= 0.3 is 6.03 Å². The molecule has 0 saturated carbocycles. The van der Waals surface area contributed by atoms with Crippen LogP contribution in [0.1, 0.15) is 29.7 Å². The van der Waals surface area contributed by atoms with E-state index in [1.807, 2.05) is 55.1 Å². The van der Waals surface area contributed by atoms with Crippen LogP contribution in [-0.4, -0.2) is 54.6 Å². The van der Waals surface area contributed by atoms with Gasteiger partial charge in [-0.25, -0.2) is 9.78 Å². The van der Waals surface area contributed by atoms with E-state index in [4.69, 9.17) is 9.97 Å². The summed E-state index contributed by atoms with van der Waals surface area (Å²) in [7, 11) is 4.00. The van der Waals surface area contributed by atoms with E-state index in [0.717, 1.165) is 53.8 Å². The van der Waals surface area contributed by atoms with Crippen LogP contribution in [-0.2, 0) is 13.0 Å². The molecule has 1 saturated heterocycles. The molecule has 2 amide bonds. The highest BCUT2D eigenvalue weighted by Gasteiger charge is 2.28. The zero-order chi connectivity index (χ0) is 19.7. The zero-order valence-corrected chi connectivity index (χ0v) is 16.9. The van der Waals surface area contributed by atoms with Gasteiger partial charge in [0.2, 0.25) is 5.95 Å². The minimum Gasteiger partial charge on any atom is -0.362 e. The number of aromatic nitrogens is 2. The number of aryl methyl sites for hydroxylation is 1. The number of carbonyl (C=O) groups is 1. The average molecular weight is 380 g/mol. The van der Waals surface area contributed by atoms with Crippen molar-refractivity contribution >= 4 is 23.5 Å². The number of nitrogens with one attached hydrogen (secondary N) is 1. The van der Waals surface area contributed by atoms with Gasteiger partial charge in [-0.05, 0) is 37.5 Å². The van der Waals surface area contributed by atoms with Gasteiger partial charge in [0, 0.05) is 51.4 Å². The molecular formula is C21H28N6O. The third-order valence-corrected chi connectivity index (χ3v) is 5.40. The number of anilines is 3. The van der Waals surface area contributed by atoms with E-state index in [2.05, 4.69) is 10.2 Å². The number of benzene rings is 1. The van der Waals surface area contributed by atoms with Crippen LogP contribution in [0.15, 0.2) is 24.3 Å². The summed E-state index contributed by atoms with van der Waals surface area (Å²) >= 11 is 0. The second kappa shape index (κ2) is 7.66. The molecule has 0 spiro atoms. The molecule has 28 heavy (non-hydrogen) atoms. The van der Waals surface area contributed by atoms with Gasteiger partial charge < -0.3 is 20.0 Å². The van der Waals surface area contributed by atoms with E-state index in [-0.39, 0.29) is 6.03 Å².